The highest BCUT2D eigenvalue weighted by molar-refractivity contribution is 7.07. The van der Waals surface area contributed by atoms with Crippen LogP contribution < -0.4 is 0 Å². The number of hydrogen-bond acceptors (Lipinski definition) is 0. The first-order valence-electron chi connectivity index (χ1n) is 21.8. The van der Waals surface area contributed by atoms with Crippen molar-refractivity contribution in [3.63, 3.8) is 0 Å². The Hall–Kier alpha value is -1.34. The van der Waals surface area contributed by atoms with Crippen molar-refractivity contribution < 1.29 is 0 Å². The summed E-state index contributed by atoms with van der Waals surface area (Å²) in [7, 11) is -14.8. The molecule has 0 saturated heterocycles. The van der Waals surface area contributed by atoms with Crippen LogP contribution in [-0.4, -0.2) is 48.4 Å². The van der Waals surface area contributed by atoms with Crippen LogP contribution in [0.2, 0.25) is 66.5 Å². The van der Waals surface area contributed by atoms with Crippen LogP contribution in [0.25, 0.3) is 0 Å². The maximum atomic E-state index is 4.21. The summed E-state index contributed by atoms with van der Waals surface area (Å²) in [4.78, 5) is 0. The largest absolute Gasteiger partial charge is 0.220 e. The molecule has 0 atom stereocenters. The van der Waals surface area contributed by atoms with Crippen molar-refractivity contribution in [3.05, 3.63) is 0 Å². The van der Waals surface area contributed by atoms with Crippen molar-refractivity contribution in [1.82, 2.24) is 0 Å². The summed E-state index contributed by atoms with van der Waals surface area (Å²) in [6.45, 7) is 57.6. The Morgan fingerprint density at radius 2 is 0.204 bits per heavy atom. The van der Waals surface area contributed by atoms with Crippen molar-refractivity contribution in [2.24, 2.45) is 0 Å². The summed E-state index contributed by atoms with van der Waals surface area (Å²) in [5.41, 5.74) is 55.4. The van der Waals surface area contributed by atoms with Gasteiger partial charge in [0.2, 0.25) is 48.4 Å². The third-order valence-electron chi connectivity index (χ3n) is 13.8. The van der Waals surface area contributed by atoms with Gasteiger partial charge >= 0.3 is 0 Å². The molecule has 0 saturated carbocycles. The van der Waals surface area contributed by atoms with Gasteiger partial charge in [-0.3, -0.25) is 0 Å². The topological polar surface area (TPSA) is 0 Å². The van der Waals surface area contributed by atoms with Crippen LogP contribution in [0.3, 0.4) is 0 Å². The summed E-state index contributed by atoms with van der Waals surface area (Å²) in [6.07, 6.45) is 0. The third kappa shape index (κ3) is 9.84. The molecule has 0 aromatic carbocycles. The fourth-order valence-electron chi connectivity index (χ4n) is 8.89. The van der Waals surface area contributed by atoms with Gasteiger partial charge in [-0.05, 0) is 66.5 Å². The average molecular weight is 830 g/mol. The van der Waals surface area contributed by atoms with E-state index in [1.54, 1.807) is 0 Å². The molecule has 0 N–H and O–H groups in total. The van der Waals surface area contributed by atoms with Gasteiger partial charge in [0.25, 0.3) is 0 Å². The molecule has 1 heterocycles. The molecule has 1 aliphatic heterocycles. The van der Waals surface area contributed by atoms with Gasteiger partial charge in [0.15, 0.2) is 0 Å². The SMILES string of the molecule is CC(C)[Si]1(C(C)C)C#C[Si](C(C)C)(C(C)C)C#C[Si](C(C)C)(C(C)C)C#C[Si](C(C)C)(C(C)C)C#C[Si](C(C)C)(C(C)C)C#C[Si](C(C)C)(C(C)C)C#C1. The molecule has 1 rings (SSSR count). The fourth-order valence-corrected chi connectivity index (χ4v) is 34.1. The molecule has 1 aliphatic rings. The first kappa shape index (κ1) is 50.7. The molecule has 0 unspecified atom stereocenters. The van der Waals surface area contributed by atoms with E-state index >= 15 is 0 Å². The van der Waals surface area contributed by atoms with Crippen LogP contribution in [0.5, 0.6) is 0 Å². The third-order valence-corrected chi connectivity index (χ3v) is 43.6. The van der Waals surface area contributed by atoms with Gasteiger partial charge in [-0.1, -0.05) is 166 Å². The van der Waals surface area contributed by atoms with Crippen molar-refractivity contribution in [3.8, 4) is 66.5 Å². The Balaban J connectivity index is 5.16. The van der Waals surface area contributed by atoms with E-state index in [1.165, 1.54) is 0 Å². The van der Waals surface area contributed by atoms with Gasteiger partial charge < -0.3 is 0 Å². The Morgan fingerprint density at radius 3 is 0.241 bits per heavy atom. The minimum atomic E-state index is -2.46. The van der Waals surface area contributed by atoms with Crippen LogP contribution in [0, 0.1) is 66.5 Å². The molecule has 0 nitrogen and oxygen atoms in total. The average Bonchev–Trinajstić information content (AvgIpc) is 3.02. The summed E-state index contributed by atoms with van der Waals surface area (Å²) >= 11 is 0. The quantitative estimate of drug-likeness (QED) is 0.136. The molecule has 0 bridgehead atoms. The van der Waals surface area contributed by atoms with Crippen LogP contribution in [0.4, 0.5) is 0 Å². The minimum absolute atomic E-state index is 0.405. The predicted molar refractivity (Wildman–Crippen MR) is 262 cm³/mol. The van der Waals surface area contributed by atoms with Gasteiger partial charge in [0.05, 0.1) is 0 Å². The molecule has 0 aliphatic carbocycles. The van der Waals surface area contributed by atoms with Crippen LogP contribution >= 0.6 is 0 Å². The van der Waals surface area contributed by atoms with Gasteiger partial charge in [-0.2, -0.15) is 0 Å². The second-order valence-corrected chi connectivity index (χ2v) is 47.9. The molecule has 0 aromatic heterocycles. The van der Waals surface area contributed by atoms with E-state index in [0.29, 0.717) is 66.5 Å². The highest BCUT2D eigenvalue weighted by Gasteiger charge is 2.47. The molecule has 300 valence electrons. The second kappa shape index (κ2) is 19.4. The van der Waals surface area contributed by atoms with Gasteiger partial charge in [0, 0.05) is 0 Å². The summed E-state index contributed by atoms with van der Waals surface area (Å²) in [5, 5.41) is 0. The molecular weight excluding hydrogens is 745 g/mol. The van der Waals surface area contributed by atoms with Gasteiger partial charge in [-0.25, -0.2) is 0 Å². The first-order valence-corrected chi connectivity index (χ1v) is 34.7. The van der Waals surface area contributed by atoms with Crippen LogP contribution in [0.1, 0.15) is 166 Å². The van der Waals surface area contributed by atoms with E-state index in [1.807, 2.05) is 0 Å². The first-order chi connectivity index (χ1) is 24.6. The molecule has 0 fully saturated rings. The molecular formula is C48H84Si6. The maximum absolute atomic E-state index is 4.21. The van der Waals surface area contributed by atoms with E-state index in [9.17, 15) is 0 Å². The molecule has 0 spiro atoms. The zero-order valence-corrected chi connectivity index (χ0v) is 45.9. The zero-order valence-electron chi connectivity index (χ0n) is 39.9. The molecule has 54 heavy (non-hydrogen) atoms. The molecule has 0 amide bonds. The van der Waals surface area contributed by atoms with Crippen molar-refractivity contribution >= 4 is 48.4 Å². The molecule has 6 heteroatoms. The van der Waals surface area contributed by atoms with Crippen molar-refractivity contribution in [1.29, 1.82) is 0 Å². The monoisotopic (exact) mass is 829 g/mol. The normalized spacial score (nSPS) is 19.8. The van der Waals surface area contributed by atoms with E-state index in [2.05, 4.69) is 233 Å². The van der Waals surface area contributed by atoms with E-state index in [4.69, 9.17) is 0 Å². The summed E-state index contributed by atoms with van der Waals surface area (Å²) < 4.78 is 0. The minimum Gasteiger partial charge on any atom is -0.121 e. The Morgan fingerprint density at radius 1 is 0.148 bits per heavy atom. The number of rotatable bonds is 12. The lowest BCUT2D eigenvalue weighted by molar-refractivity contribution is 0.926. The summed E-state index contributed by atoms with van der Waals surface area (Å²) in [6, 6.07) is 0. The standard InChI is InChI=1S/C48H84Si6/c1-37(2)49(38(3)4)25-27-50(39(5)6,40(7)8)29-31-52(43(13)14,44(15)16)33-35-54(47(21)22,48(23)24)36-34-53(45(17)18,46(19)20)32-30-51(28-26-49,41(9)10)42(11)12/h37-48H,1-24H3. The van der Waals surface area contributed by atoms with Crippen LogP contribution in [-0.2, 0) is 0 Å². The van der Waals surface area contributed by atoms with E-state index in [0.717, 1.165) is 0 Å². The predicted octanol–water partition coefficient (Wildman–Crippen LogP) is 14.1. The highest BCUT2D eigenvalue weighted by Crippen LogP contribution is 2.40. The molecule has 0 radical (unpaired) electrons. The van der Waals surface area contributed by atoms with E-state index < -0.39 is 48.4 Å². The van der Waals surface area contributed by atoms with Gasteiger partial charge in [-0.15, -0.1) is 66.5 Å². The smallest absolute Gasteiger partial charge is 0.121 e. The lowest BCUT2D eigenvalue weighted by atomic mass is 10.5. The second-order valence-electron chi connectivity index (χ2n) is 20.6. The lowest BCUT2D eigenvalue weighted by Crippen LogP contribution is -2.47. The van der Waals surface area contributed by atoms with Crippen LogP contribution in [0.15, 0.2) is 0 Å². The van der Waals surface area contributed by atoms with Crippen molar-refractivity contribution in [2.45, 2.75) is 233 Å². The number of hydrogen-bond donors (Lipinski definition) is 0. The van der Waals surface area contributed by atoms with E-state index in [-0.39, 0.29) is 0 Å². The Bertz CT molecular complexity index is 1230. The highest BCUT2D eigenvalue weighted by atomic mass is 28.3. The van der Waals surface area contributed by atoms with Gasteiger partial charge in [0.1, 0.15) is 0 Å². The Kier molecular flexibility index (Phi) is 18.2. The zero-order chi connectivity index (χ0) is 42.4. The fraction of sp³-hybridized carbons (Fsp3) is 0.750. The Labute approximate surface area is 345 Å². The molecule has 0 aromatic rings. The summed E-state index contributed by atoms with van der Waals surface area (Å²) in [5.74, 6) is 0. The van der Waals surface area contributed by atoms with Crippen molar-refractivity contribution in [2.75, 3.05) is 0 Å². The maximum Gasteiger partial charge on any atom is 0.220 e. The lowest BCUT2D eigenvalue weighted by Gasteiger charge is -2.36.